The number of nitrogens with zero attached hydrogens (tertiary/aromatic N) is 1. The van der Waals surface area contributed by atoms with Gasteiger partial charge in [0.15, 0.2) is 5.78 Å². The molecule has 0 aromatic heterocycles. The van der Waals surface area contributed by atoms with Crippen molar-refractivity contribution in [2.24, 2.45) is 0 Å². The maximum Gasteiger partial charge on any atom is 0.273 e. The summed E-state index contributed by atoms with van der Waals surface area (Å²) in [6, 6.07) is 9.48. The summed E-state index contributed by atoms with van der Waals surface area (Å²) in [6.45, 7) is 4.40. The number of non-ortho nitro benzene ring substituents is 1. The second-order valence-electron chi connectivity index (χ2n) is 6.76. The Bertz CT molecular complexity index is 849. The van der Waals surface area contributed by atoms with Crippen LogP contribution in [0.2, 0.25) is 0 Å². The zero-order chi connectivity index (χ0) is 21.2. The molecule has 0 unspecified atom stereocenters. The fourth-order valence-corrected chi connectivity index (χ4v) is 2.97. The maximum atomic E-state index is 11.6. The number of carbonyl (C=O) groups is 1. The molecule has 7 nitrogen and oxygen atoms in total. The van der Waals surface area contributed by atoms with E-state index < -0.39 is 4.92 Å². The van der Waals surface area contributed by atoms with Crippen molar-refractivity contribution in [3.8, 4) is 17.2 Å². The number of phenolic OH excluding ortho intramolecular Hbond substituents is 1. The number of Topliss-reactive ketones (excluding diaryl/α,β-unsaturated/α-hetero) is 1. The molecule has 0 heterocycles. The third kappa shape index (κ3) is 6.48. The summed E-state index contributed by atoms with van der Waals surface area (Å²) in [7, 11) is 0. The van der Waals surface area contributed by atoms with Crippen LogP contribution in [-0.2, 0) is 6.42 Å². The molecule has 0 fully saturated rings. The molecule has 1 N–H and O–H groups in total. The smallest absolute Gasteiger partial charge is 0.273 e. The van der Waals surface area contributed by atoms with Gasteiger partial charge in [0.2, 0.25) is 0 Å². The number of hydrogen-bond acceptors (Lipinski definition) is 6. The molecule has 0 radical (unpaired) electrons. The summed E-state index contributed by atoms with van der Waals surface area (Å²) in [4.78, 5) is 21.9. The van der Waals surface area contributed by atoms with Gasteiger partial charge in [-0.15, -0.1) is 0 Å². The molecule has 0 saturated carbocycles. The zero-order valence-electron chi connectivity index (χ0n) is 16.8. The fourth-order valence-electron chi connectivity index (χ4n) is 2.97. The number of nitro benzene ring substituents is 1. The molecule has 2 aromatic rings. The van der Waals surface area contributed by atoms with Crippen molar-refractivity contribution in [3.63, 3.8) is 0 Å². The first-order valence-electron chi connectivity index (χ1n) is 9.79. The minimum Gasteiger partial charge on any atom is -0.507 e. The van der Waals surface area contributed by atoms with Crippen LogP contribution < -0.4 is 9.47 Å². The molecule has 0 bridgehead atoms. The van der Waals surface area contributed by atoms with E-state index in [0.717, 1.165) is 25.7 Å². The Labute approximate surface area is 170 Å². The summed E-state index contributed by atoms with van der Waals surface area (Å²) in [5, 5.41) is 21.1. The average molecular weight is 401 g/mol. The number of aromatic hydroxyl groups is 1. The molecule has 156 valence electrons. The Morgan fingerprint density at radius 1 is 1.10 bits per heavy atom. The fraction of sp³-hybridized carbons (Fsp3) is 0.409. The Morgan fingerprint density at radius 2 is 1.83 bits per heavy atom. The lowest BCUT2D eigenvalue weighted by Gasteiger charge is -2.14. The molecule has 0 spiro atoms. The maximum absolute atomic E-state index is 11.6. The highest BCUT2D eigenvalue weighted by Gasteiger charge is 2.15. The molecule has 0 aliphatic heterocycles. The van der Waals surface area contributed by atoms with Gasteiger partial charge in [0.1, 0.15) is 17.2 Å². The molecule has 29 heavy (non-hydrogen) atoms. The quantitative estimate of drug-likeness (QED) is 0.230. The van der Waals surface area contributed by atoms with Crippen molar-refractivity contribution in [3.05, 3.63) is 57.6 Å². The molecule has 0 aliphatic carbocycles. The van der Waals surface area contributed by atoms with Gasteiger partial charge in [0.25, 0.3) is 5.69 Å². The standard InChI is InChI=1S/C22H27NO6/c1-3-8-20-21(12-11-19(16(2)24)22(20)25)29-14-6-4-5-13-28-18-10-7-9-17(15-18)23(26)27/h7,9-12,15,25H,3-6,8,13-14H2,1-2H3. The lowest BCUT2D eigenvalue weighted by molar-refractivity contribution is -0.384. The second-order valence-corrected chi connectivity index (χ2v) is 6.76. The number of hydrogen-bond donors (Lipinski definition) is 1. The first-order chi connectivity index (χ1) is 13.9. The van der Waals surface area contributed by atoms with Crippen LogP contribution in [0, 0.1) is 10.1 Å². The van der Waals surface area contributed by atoms with E-state index in [1.807, 2.05) is 6.92 Å². The highest BCUT2D eigenvalue weighted by molar-refractivity contribution is 5.97. The molecule has 0 saturated heterocycles. The lowest BCUT2D eigenvalue weighted by atomic mass is 10.0. The van der Waals surface area contributed by atoms with Gasteiger partial charge in [0.05, 0.1) is 29.8 Å². The van der Waals surface area contributed by atoms with Gasteiger partial charge in [-0.3, -0.25) is 14.9 Å². The highest BCUT2D eigenvalue weighted by atomic mass is 16.6. The topological polar surface area (TPSA) is 98.9 Å². The van der Waals surface area contributed by atoms with E-state index in [1.165, 1.54) is 19.1 Å². The predicted molar refractivity (Wildman–Crippen MR) is 110 cm³/mol. The number of rotatable bonds is 12. The van der Waals surface area contributed by atoms with Crippen LogP contribution in [-0.4, -0.2) is 29.0 Å². The van der Waals surface area contributed by atoms with E-state index in [-0.39, 0.29) is 17.2 Å². The molecular formula is C22H27NO6. The number of carbonyl (C=O) groups excluding carboxylic acids is 1. The molecule has 0 aliphatic rings. The van der Waals surface area contributed by atoms with Crippen molar-refractivity contribution in [1.82, 2.24) is 0 Å². The second kappa shape index (κ2) is 11.0. The van der Waals surface area contributed by atoms with Gasteiger partial charge in [-0.25, -0.2) is 0 Å². The van der Waals surface area contributed by atoms with Crippen LogP contribution in [0.3, 0.4) is 0 Å². The van der Waals surface area contributed by atoms with Crippen LogP contribution in [0.1, 0.15) is 55.5 Å². The summed E-state index contributed by atoms with van der Waals surface area (Å²) in [6.07, 6.45) is 3.94. The minimum absolute atomic E-state index is 0.0119. The van der Waals surface area contributed by atoms with E-state index in [4.69, 9.17) is 9.47 Å². The van der Waals surface area contributed by atoms with E-state index >= 15 is 0 Å². The van der Waals surface area contributed by atoms with Gasteiger partial charge in [-0.2, -0.15) is 0 Å². The van der Waals surface area contributed by atoms with Crippen LogP contribution in [0.5, 0.6) is 17.2 Å². The number of benzene rings is 2. The molecular weight excluding hydrogens is 374 g/mol. The van der Waals surface area contributed by atoms with Gasteiger partial charge in [0, 0.05) is 11.6 Å². The van der Waals surface area contributed by atoms with Crippen molar-refractivity contribution in [1.29, 1.82) is 0 Å². The number of ether oxygens (including phenoxy) is 2. The first-order valence-corrected chi connectivity index (χ1v) is 9.79. The van der Waals surface area contributed by atoms with E-state index in [1.54, 1.807) is 24.3 Å². The van der Waals surface area contributed by atoms with Crippen molar-refractivity contribution < 1.29 is 24.3 Å². The summed E-state index contributed by atoms with van der Waals surface area (Å²) >= 11 is 0. The third-order valence-electron chi connectivity index (χ3n) is 4.46. The number of nitro groups is 1. The summed E-state index contributed by atoms with van der Waals surface area (Å²) in [5.74, 6) is 0.945. The zero-order valence-corrected chi connectivity index (χ0v) is 16.8. The molecule has 2 rings (SSSR count). The highest BCUT2D eigenvalue weighted by Crippen LogP contribution is 2.33. The van der Waals surface area contributed by atoms with E-state index in [9.17, 15) is 20.0 Å². The predicted octanol–water partition coefficient (Wildman–Crippen LogP) is 5.08. The van der Waals surface area contributed by atoms with E-state index in [2.05, 4.69) is 0 Å². The van der Waals surface area contributed by atoms with Gasteiger partial charge in [-0.05, 0) is 50.8 Å². The number of ketones is 1. The Balaban J connectivity index is 1.76. The van der Waals surface area contributed by atoms with Crippen LogP contribution >= 0.6 is 0 Å². The van der Waals surface area contributed by atoms with Crippen LogP contribution in [0.4, 0.5) is 5.69 Å². The third-order valence-corrected chi connectivity index (χ3v) is 4.46. The first kappa shape index (κ1) is 22.2. The Hall–Kier alpha value is -3.09. The van der Waals surface area contributed by atoms with Crippen molar-refractivity contribution in [2.75, 3.05) is 13.2 Å². The minimum atomic E-state index is -0.447. The molecule has 7 heteroatoms. The summed E-state index contributed by atoms with van der Waals surface area (Å²) < 4.78 is 11.4. The van der Waals surface area contributed by atoms with Crippen molar-refractivity contribution in [2.45, 2.75) is 46.0 Å². The molecule has 0 amide bonds. The number of phenols is 1. The molecule has 2 aromatic carbocycles. The van der Waals surface area contributed by atoms with Crippen molar-refractivity contribution >= 4 is 11.5 Å². The lowest BCUT2D eigenvalue weighted by Crippen LogP contribution is -2.04. The van der Waals surface area contributed by atoms with Gasteiger partial charge in [-0.1, -0.05) is 19.4 Å². The van der Waals surface area contributed by atoms with Crippen LogP contribution in [0.25, 0.3) is 0 Å². The summed E-state index contributed by atoms with van der Waals surface area (Å²) in [5.41, 5.74) is 1.01. The van der Waals surface area contributed by atoms with Gasteiger partial charge < -0.3 is 14.6 Å². The number of unbranched alkanes of at least 4 members (excludes halogenated alkanes) is 2. The van der Waals surface area contributed by atoms with E-state index in [0.29, 0.717) is 42.3 Å². The monoisotopic (exact) mass is 401 g/mol. The molecule has 0 atom stereocenters. The largest absolute Gasteiger partial charge is 0.507 e. The average Bonchev–Trinajstić information content (AvgIpc) is 2.69. The SMILES string of the molecule is CCCc1c(OCCCCCOc2cccc([N+](=O)[O-])c2)ccc(C(C)=O)c1O. The normalized spacial score (nSPS) is 10.6. The van der Waals surface area contributed by atoms with Crippen LogP contribution in [0.15, 0.2) is 36.4 Å². The Morgan fingerprint density at radius 3 is 2.48 bits per heavy atom. The van der Waals surface area contributed by atoms with Gasteiger partial charge >= 0.3 is 0 Å². The Kier molecular flexibility index (Phi) is 8.45.